The number of rotatable bonds is 5. The van der Waals surface area contributed by atoms with Gasteiger partial charge in [0, 0.05) is 38.0 Å². The molecule has 1 unspecified atom stereocenters. The highest BCUT2D eigenvalue weighted by molar-refractivity contribution is 7.93. The molecule has 38 heavy (non-hydrogen) atoms. The number of hydrogen-bond donors (Lipinski definition) is 2. The summed E-state index contributed by atoms with van der Waals surface area (Å²) in [5.41, 5.74) is 3.92. The van der Waals surface area contributed by atoms with Crippen LogP contribution in [0.4, 0.5) is 0 Å². The van der Waals surface area contributed by atoms with Crippen LogP contribution in [0, 0.1) is 12.8 Å². The van der Waals surface area contributed by atoms with Crippen LogP contribution in [0.3, 0.4) is 0 Å². The highest BCUT2D eigenvalue weighted by Gasteiger charge is 2.53. The summed E-state index contributed by atoms with van der Waals surface area (Å²) in [6, 6.07) is 5.12. The summed E-state index contributed by atoms with van der Waals surface area (Å²) in [5.74, 6) is -0.0190. The van der Waals surface area contributed by atoms with Crippen LogP contribution in [0.15, 0.2) is 48.1 Å². The lowest BCUT2D eigenvalue weighted by Crippen LogP contribution is -2.32. The number of nitrogens with zero attached hydrogens (tertiary/aromatic N) is 3. The van der Waals surface area contributed by atoms with Crippen molar-refractivity contribution in [3.05, 3.63) is 62.4 Å². The molecule has 4 aliphatic rings. The smallest absolute Gasteiger partial charge is 0.417 e. The van der Waals surface area contributed by atoms with E-state index >= 15 is 0 Å². The zero-order valence-corrected chi connectivity index (χ0v) is 21.8. The number of benzene rings is 1. The summed E-state index contributed by atoms with van der Waals surface area (Å²) in [4.78, 5) is 14.9. The van der Waals surface area contributed by atoms with Crippen LogP contribution in [0.1, 0.15) is 61.8 Å². The molecule has 2 N–H and O–H groups in total. The fourth-order valence-electron chi connectivity index (χ4n) is 6.43. The highest BCUT2D eigenvalue weighted by Crippen LogP contribution is 2.52. The molecule has 0 radical (unpaired) electrons. The van der Waals surface area contributed by atoms with Gasteiger partial charge in [0.25, 0.3) is 0 Å². The maximum Gasteiger partial charge on any atom is 0.417 e. The Labute approximate surface area is 219 Å². The second kappa shape index (κ2) is 8.92. The van der Waals surface area contributed by atoms with Gasteiger partial charge in [-0.25, -0.2) is 13.2 Å². The Balaban J connectivity index is 1.42. The maximum absolute atomic E-state index is 14.0. The number of aromatic nitrogens is 3. The van der Waals surface area contributed by atoms with Crippen molar-refractivity contribution in [3.63, 3.8) is 0 Å². The number of H-pyrrole nitrogens is 1. The monoisotopic (exact) mass is 539 g/mol. The van der Waals surface area contributed by atoms with Crippen molar-refractivity contribution >= 4 is 26.7 Å². The summed E-state index contributed by atoms with van der Waals surface area (Å²) in [5, 5.41) is 12.0. The number of ether oxygens (including phenoxy) is 1. The molecule has 0 amide bonds. The molecule has 200 valence electrons. The Morgan fingerprint density at radius 2 is 1.97 bits per heavy atom. The van der Waals surface area contributed by atoms with E-state index in [1.54, 1.807) is 23.4 Å². The van der Waals surface area contributed by atoms with Crippen LogP contribution in [0.5, 0.6) is 0 Å². The van der Waals surface area contributed by atoms with Crippen LogP contribution in [-0.2, 0) is 14.8 Å². The quantitative estimate of drug-likeness (QED) is 0.500. The minimum absolute atomic E-state index is 0.213. The first-order valence-corrected chi connectivity index (χ1v) is 14.6. The highest BCUT2D eigenvalue weighted by atomic mass is 32.2. The molecule has 4 aliphatic heterocycles. The average molecular weight is 540 g/mol. The Morgan fingerprint density at radius 1 is 1.13 bits per heavy atom. The minimum Gasteiger partial charge on any atom is -0.421 e. The normalized spacial score (nSPS) is 25.7. The van der Waals surface area contributed by atoms with Crippen molar-refractivity contribution in [2.75, 3.05) is 19.8 Å². The zero-order valence-electron chi connectivity index (χ0n) is 21.0. The van der Waals surface area contributed by atoms with Crippen molar-refractivity contribution in [2.24, 2.45) is 5.92 Å². The first-order chi connectivity index (χ1) is 18.4. The number of nitrogens with one attached hydrogen (secondary N) is 2. The van der Waals surface area contributed by atoms with Gasteiger partial charge in [-0.3, -0.25) is 4.98 Å². The molecule has 3 aromatic rings. The van der Waals surface area contributed by atoms with Crippen molar-refractivity contribution in [3.8, 4) is 0 Å². The lowest BCUT2D eigenvalue weighted by atomic mass is 9.83. The van der Waals surface area contributed by atoms with E-state index in [1.165, 1.54) is 0 Å². The van der Waals surface area contributed by atoms with Gasteiger partial charge in [0.2, 0.25) is 21.8 Å². The summed E-state index contributed by atoms with van der Waals surface area (Å²) in [7, 11) is -3.75. The standard InChI is InChI=1S/C26H29N5O6S/c1-14-29-30-25(36-14)22-18(6-4-15-8-11-35-12-9-15)27-23-19-3-2-10-31(19)38(33,34)24(23)21(22)16-5-7-17-20(13-16)37-26(32)28-17/h5,7,13,15,19,21,27H,2-4,6,8-12H2,1H3,(H,28,32)/t19-,21?/m0/s1. The Morgan fingerprint density at radius 3 is 2.76 bits per heavy atom. The van der Waals surface area contributed by atoms with Crippen LogP contribution in [-0.4, -0.2) is 53.7 Å². The molecular formula is C26H29N5O6S. The van der Waals surface area contributed by atoms with E-state index in [4.69, 9.17) is 13.6 Å². The topological polar surface area (TPSA) is 144 Å². The fraction of sp³-hybridized carbons (Fsp3) is 0.500. The minimum atomic E-state index is -3.75. The third-order valence-corrected chi connectivity index (χ3v) is 10.3. The van der Waals surface area contributed by atoms with Crippen LogP contribution < -0.4 is 11.1 Å². The van der Waals surface area contributed by atoms with Crippen LogP contribution in [0.25, 0.3) is 16.7 Å². The van der Waals surface area contributed by atoms with E-state index < -0.39 is 21.7 Å². The number of oxazole rings is 1. The van der Waals surface area contributed by atoms with Gasteiger partial charge < -0.3 is 18.9 Å². The summed E-state index contributed by atoms with van der Waals surface area (Å²) >= 11 is 0. The largest absolute Gasteiger partial charge is 0.421 e. The number of aromatic amines is 1. The van der Waals surface area contributed by atoms with Crippen LogP contribution >= 0.6 is 0 Å². The van der Waals surface area contributed by atoms with Crippen molar-refractivity contribution in [2.45, 2.75) is 57.4 Å². The fourth-order valence-corrected chi connectivity index (χ4v) is 8.61. The molecule has 6 heterocycles. The molecule has 2 aromatic heterocycles. The lowest BCUT2D eigenvalue weighted by Gasteiger charge is -2.31. The molecule has 12 heteroatoms. The SMILES string of the molecule is Cc1nnc(C2=C(CCC3CCOCC3)NC3=C(C2c2ccc4[nH]c(=O)oc4c2)S(=O)(=O)N2CCC[C@@H]32)o1. The summed E-state index contributed by atoms with van der Waals surface area (Å²) < 4.78 is 46.5. The maximum atomic E-state index is 14.0. The van der Waals surface area contributed by atoms with E-state index in [0.717, 1.165) is 56.7 Å². The molecular weight excluding hydrogens is 510 g/mol. The van der Waals surface area contributed by atoms with Gasteiger partial charge in [0.15, 0.2) is 5.58 Å². The molecule has 0 bridgehead atoms. The molecule has 2 atom stereocenters. The van der Waals surface area contributed by atoms with E-state index in [1.807, 2.05) is 6.07 Å². The van der Waals surface area contributed by atoms with Gasteiger partial charge in [-0.1, -0.05) is 6.07 Å². The van der Waals surface area contributed by atoms with Gasteiger partial charge in [0.05, 0.1) is 28.1 Å². The van der Waals surface area contributed by atoms with Gasteiger partial charge in [-0.15, -0.1) is 10.2 Å². The number of hydrogen-bond acceptors (Lipinski definition) is 9. The summed E-state index contributed by atoms with van der Waals surface area (Å²) in [6.45, 7) is 3.74. The van der Waals surface area contributed by atoms with E-state index in [0.29, 0.717) is 57.8 Å². The number of fused-ring (bicyclic) bond motifs is 3. The molecule has 0 aliphatic carbocycles. The molecule has 0 saturated carbocycles. The second-order valence-corrected chi connectivity index (χ2v) is 12.4. The second-order valence-electron chi connectivity index (χ2n) is 10.5. The first-order valence-electron chi connectivity index (χ1n) is 13.2. The third kappa shape index (κ3) is 3.76. The number of aryl methyl sites for hydroxylation is 1. The van der Waals surface area contributed by atoms with Crippen molar-refractivity contribution in [1.82, 2.24) is 24.8 Å². The van der Waals surface area contributed by atoms with Gasteiger partial charge in [-0.2, -0.15) is 4.31 Å². The predicted molar refractivity (Wildman–Crippen MR) is 137 cm³/mol. The molecule has 0 spiro atoms. The first kappa shape index (κ1) is 23.9. The van der Waals surface area contributed by atoms with E-state index in [-0.39, 0.29) is 6.04 Å². The summed E-state index contributed by atoms with van der Waals surface area (Å²) in [6.07, 6.45) is 5.25. The number of dihydropyridines is 1. The Hall–Kier alpha value is -3.22. The average Bonchev–Trinajstić information content (AvgIpc) is 3.68. The van der Waals surface area contributed by atoms with E-state index in [2.05, 4.69) is 20.5 Å². The molecule has 7 rings (SSSR count). The molecule has 11 nitrogen and oxygen atoms in total. The van der Waals surface area contributed by atoms with Gasteiger partial charge in [-0.05, 0) is 62.1 Å². The van der Waals surface area contributed by atoms with Crippen molar-refractivity contribution in [1.29, 1.82) is 0 Å². The number of allylic oxidation sites excluding steroid dienone is 3. The molecule has 2 fully saturated rings. The Bertz CT molecular complexity index is 1640. The van der Waals surface area contributed by atoms with Gasteiger partial charge in [0.1, 0.15) is 0 Å². The van der Waals surface area contributed by atoms with Crippen molar-refractivity contribution < 1.29 is 22.0 Å². The molecule has 2 saturated heterocycles. The Kier molecular flexibility index (Phi) is 5.60. The predicted octanol–water partition coefficient (Wildman–Crippen LogP) is 3.14. The van der Waals surface area contributed by atoms with Gasteiger partial charge >= 0.3 is 5.76 Å². The molecule has 1 aromatic carbocycles. The number of sulfonamides is 1. The zero-order chi connectivity index (χ0) is 26.0. The lowest BCUT2D eigenvalue weighted by molar-refractivity contribution is 0.0639. The van der Waals surface area contributed by atoms with Crippen LogP contribution in [0.2, 0.25) is 0 Å². The third-order valence-electron chi connectivity index (χ3n) is 8.23. The van der Waals surface area contributed by atoms with E-state index in [9.17, 15) is 13.2 Å².